The quantitative estimate of drug-likeness (QED) is 0.278. The summed E-state index contributed by atoms with van der Waals surface area (Å²) in [5, 5.41) is 0. The lowest BCUT2D eigenvalue weighted by molar-refractivity contribution is 0.0979. The van der Waals surface area contributed by atoms with Crippen molar-refractivity contribution in [2.45, 2.75) is 0 Å². The van der Waals surface area contributed by atoms with Gasteiger partial charge in [0.25, 0.3) is 0 Å². The Morgan fingerprint density at radius 3 is 1.14 bits per heavy atom. The van der Waals surface area contributed by atoms with Gasteiger partial charge in [0.1, 0.15) is 0 Å². The maximum absolute atomic E-state index is 13.1. The van der Waals surface area contributed by atoms with Gasteiger partial charge in [0.05, 0.1) is 0 Å². The first-order valence-corrected chi connectivity index (χ1v) is 11.8. The predicted molar refractivity (Wildman–Crippen MR) is 139 cm³/mol. The molecule has 36 heavy (non-hydrogen) atoms. The van der Waals surface area contributed by atoms with Gasteiger partial charge in [-0.15, -0.1) is 0 Å². The van der Waals surface area contributed by atoms with E-state index in [0.717, 1.165) is 44.5 Å². The Balaban J connectivity index is 1.24. The van der Waals surface area contributed by atoms with E-state index in [1.165, 1.54) is 0 Å². The molecule has 2 aliphatic carbocycles. The van der Waals surface area contributed by atoms with Crippen LogP contribution in [-0.4, -0.2) is 17.3 Å². The Morgan fingerprint density at radius 1 is 0.278 bits per heavy atom. The maximum Gasteiger partial charge on any atom is 0.194 e. The Labute approximate surface area is 207 Å². The second kappa shape index (κ2) is 7.56. The smallest absolute Gasteiger partial charge is 0.194 e. The molecule has 0 N–H and O–H groups in total. The van der Waals surface area contributed by atoms with Gasteiger partial charge < -0.3 is 0 Å². The first-order chi connectivity index (χ1) is 17.6. The van der Waals surface area contributed by atoms with Gasteiger partial charge >= 0.3 is 0 Å². The van der Waals surface area contributed by atoms with Crippen molar-refractivity contribution in [2.24, 2.45) is 0 Å². The Morgan fingerprint density at radius 2 is 0.611 bits per heavy atom. The molecule has 0 bridgehead atoms. The van der Waals surface area contributed by atoms with Crippen molar-refractivity contribution in [2.75, 3.05) is 0 Å². The van der Waals surface area contributed by atoms with E-state index in [1.54, 1.807) is 30.3 Å². The van der Waals surface area contributed by atoms with Gasteiger partial charge in [0.2, 0.25) is 0 Å². The van der Waals surface area contributed by atoms with Crippen LogP contribution in [0.25, 0.3) is 33.4 Å². The molecule has 3 heteroatoms. The zero-order chi connectivity index (χ0) is 24.4. The van der Waals surface area contributed by atoms with Gasteiger partial charge in [0.15, 0.2) is 17.3 Å². The molecular weight excluding hydrogens is 444 g/mol. The molecule has 0 unspecified atom stereocenters. The molecule has 7 rings (SSSR count). The zero-order valence-corrected chi connectivity index (χ0v) is 19.1. The lowest BCUT2D eigenvalue weighted by Gasteiger charge is -2.18. The first kappa shape index (κ1) is 20.5. The minimum atomic E-state index is -0.119. The maximum atomic E-state index is 13.1. The zero-order valence-electron chi connectivity index (χ0n) is 19.1. The largest absolute Gasteiger partial charge is 0.289 e. The summed E-state index contributed by atoms with van der Waals surface area (Å²) in [6, 6.07) is 34.3. The minimum Gasteiger partial charge on any atom is -0.289 e. The van der Waals surface area contributed by atoms with E-state index in [2.05, 4.69) is 6.07 Å². The molecule has 5 aromatic rings. The lowest BCUT2D eigenvalue weighted by atomic mass is 9.83. The normalized spacial score (nSPS) is 13.2. The Hall–Kier alpha value is -4.89. The van der Waals surface area contributed by atoms with Crippen molar-refractivity contribution < 1.29 is 14.4 Å². The van der Waals surface area contributed by atoms with Crippen LogP contribution in [0.3, 0.4) is 0 Å². The van der Waals surface area contributed by atoms with Crippen LogP contribution in [0, 0.1) is 0 Å². The van der Waals surface area contributed by atoms with Gasteiger partial charge in [-0.3, -0.25) is 14.4 Å². The third kappa shape index (κ3) is 2.90. The molecule has 0 heterocycles. The monoisotopic (exact) mass is 462 g/mol. The summed E-state index contributed by atoms with van der Waals surface area (Å²) in [5.74, 6) is -0.157. The van der Waals surface area contributed by atoms with E-state index >= 15 is 0 Å². The van der Waals surface area contributed by atoms with Crippen LogP contribution in [0.2, 0.25) is 0 Å². The lowest BCUT2D eigenvalue weighted by Crippen LogP contribution is -2.20. The van der Waals surface area contributed by atoms with Crippen LogP contribution < -0.4 is 0 Å². The van der Waals surface area contributed by atoms with Crippen LogP contribution in [0.15, 0.2) is 109 Å². The van der Waals surface area contributed by atoms with Gasteiger partial charge in [-0.25, -0.2) is 0 Å². The highest BCUT2D eigenvalue weighted by Crippen LogP contribution is 2.39. The number of ketones is 3. The summed E-state index contributed by atoms with van der Waals surface area (Å²) in [4.78, 5) is 38.7. The van der Waals surface area contributed by atoms with Gasteiger partial charge in [-0.2, -0.15) is 0 Å². The summed E-state index contributed by atoms with van der Waals surface area (Å²) < 4.78 is 0. The number of rotatable bonds is 2. The summed E-state index contributed by atoms with van der Waals surface area (Å²) >= 11 is 0. The van der Waals surface area contributed by atoms with Crippen molar-refractivity contribution in [3.05, 3.63) is 143 Å². The van der Waals surface area contributed by atoms with E-state index in [1.807, 2.05) is 72.8 Å². The summed E-state index contributed by atoms with van der Waals surface area (Å²) in [5.41, 5.74) is 9.18. The highest BCUT2D eigenvalue weighted by atomic mass is 16.1. The molecule has 0 saturated heterocycles. The van der Waals surface area contributed by atoms with E-state index in [0.29, 0.717) is 22.3 Å². The minimum absolute atomic E-state index is 0.0746. The molecule has 0 atom stereocenters. The first-order valence-electron chi connectivity index (χ1n) is 11.8. The molecule has 0 amide bonds. The van der Waals surface area contributed by atoms with Crippen molar-refractivity contribution in [1.82, 2.24) is 0 Å². The number of fused-ring (bicyclic) bond motifs is 5. The number of hydrogen-bond donors (Lipinski definition) is 0. The third-order valence-corrected chi connectivity index (χ3v) is 7.20. The van der Waals surface area contributed by atoms with E-state index in [4.69, 9.17) is 0 Å². The average molecular weight is 463 g/mol. The van der Waals surface area contributed by atoms with Crippen molar-refractivity contribution in [3.63, 3.8) is 0 Å². The predicted octanol–water partition coefficient (Wildman–Crippen LogP) is 7.01. The molecule has 0 radical (unpaired) electrons. The molecule has 0 aliphatic heterocycles. The topological polar surface area (TPSA) is 51.2 Å². The number of carbonyl (C=O) groups is 3. The molecular formula is C33H18O3. The second-order valence-electron chi connectivity index (χ2n) is 9.18. The Bertz CT molecular complexity index is 1770. The number of benzene rings is 5. The third-order valence-electron chi connectivity index (χ3n) is 7.20. The molecule has 0 saturated carbocycles. The van der Waals surface area contributed by atoms with Crippen LogP contribution in [-0.2, 0) is 0 Å². The summed E-state index contributed by atoms with van der Waals surface area (Å²) in [6.45, 7) is 0. The number of carbonyl (C=O) groups excluding carboxylic acids is 3. The molecule has 0 aromatic heterocycles. The molecule has 0 fully saturated rings. The van der Waals surface area contributed by atoms with E-state index < -0.39 is 0 Å². The van der Waals surface area contributed by atoms with E-state index in [-0.39, 0.29) is 17.3 Å². The van der Waals surface area contributed by atoms with Crippen LogP contribution in [0.1, 0.15) is 47.8 Å². The van der Waals surface area contributed by atoms with Crippen molar-refractivity contribution in [1.29, 1.82) is 0 Å². The molecule has 3 nitrogen and oxygen atoms in total. The standard InChI is InChI=1S/C33H18O3/c34-31-24-6-2-1-5-23(24)29-17-21(13-15-27(29)31)19-9-11-20(12-10-19)22-14-16-28-30(18-22)33(36)26-8-4-3-7-25(26)32(28)35/h1-18H. The van der Waals surface area contributed by atoms with Crippen LogP contribution in [0.5, 0.6) is 0 Å². The number of hydrogen-bond acceptors (Lipinski definition) is 3. The molecule has 5 aromatic carbocycles. The second-order valence-corrected chi connectivity index (χ2v) is 9.18. The average Bonchev–Trinajstić information content (AvgIpc) is 3.23. The SMILES string of the molecule is O=C1c2ccccc2C(=O)c2cc(-c3ccc(-c4ccc5c(c4)-c4ccccc4C5=O)cc3)ccc21. The fourth-order valence-electron chi connectivity index (χ4n) is 5.34. The summed E-state index contributed by atoms with van der Waals surface area (Å²) in [7, 11) is 0. The fraction of sp³-hybridized carbons (Fsp3) is 0. The fourth-order valence-corrected chi connectivity index (χ4v) is 5.34. The van der Waals surface area contributed by atoms with E-state index in [9.17, 15) is 14.4 Å². The van der Waals surface area contributed by atoms with Crippen molar-refractivity contribution >= 4 is 17.3 Å². The molecule has 2 aliphatic rings. The van der Waals surface area contributed by atoms with Crippen LogP contribution >= 0.6 is 0 Å². The van der Waals surface area contributed by atoms with Gasteiger partial charge in [0, 0.05) is 33.4 Å². The summed E-state index contributed by atoms with van der Waals surface area (Å²) in [6.07, 6.45) is 0. The van der Waals surface area contributed by atoms with Gasteiger partial charge in [-0.05, 0) is 57.6 Å². The Kier molecular flexibility index (Phi) is 4.30. The highest BCUT2D eigenvalue weighted by molar-refractivity contribution is 6.28. The van der Waals surface area contributed by atoms with Crippen molar-refractivity contribution in [3.8, 4) is 33.4 Å². The highest BCUT2D eigenvalue weighted by Gasteiger charge is 2.29. The molecule has 0 spiro atoms. The molecule has 168 valence electrons. The van der Waals surface area contributed by atoms with Gasteiger partial charge in [-0.1, -0.05) is 84.9 Å². The van der Waals surface area contributed by atoms with Crippen LogP contribution in [0.4, 0.5) is 0 Å².